The Balaban J connectivity index is 4.43. The van der Waals surface area contributed by atoms with Crippen molar-refractivity contribution in [3.63, 3.8) is 0 Å². The van der Waals surface area contributed by atoms with Crippen molar-refractivity contribution < 1.29 is 4.79 Å². The largest absolute Gasteiger partial charge is 0.309 e. The number of hydrazine groups is 1. The predicted molar refractivity (Wildman–Crippen MR) is 72.1 cm³/mol. The summed E-state index contributed by atoms with van der Waals surface area (Å²) in [5.74, 6) is 5.57. The van der Waals surface area contributed by atoms with Crippen LogP contribution in [0.15, 0.2) is 36.0 Å². The number of carbonyl (C=O) groups excluding carboxylic acids is 1. The SMILES string of the molecule is C=C/C(C)=C\C=C(/C)CN(N)C(=O)C(C)NC. The van der Waals surface area contributed by atoms with Crippen LogP contribution in [-0.2, 0) is 4.79 Å². The lowest BCUT2D eigenvalue weighted by atomic mass is 10.2. The lowest BCUT2D eigenvalue weighted by Gasteiger charge is -2.20. The van der Waals surface area contributed by atoms with E-state index in [1.807, 2.05) is 26.0 Å². The third kappa shape index (κ3) is 6.04. The van der Waals surface area contributed by atoms with Gasteiger partial charge in [-0.2, -0.15) is 0 Å². The van der Waals surface area contributed by atoms with E-state index in [2.05, 4.69) is 11.9 Å². The van der Waals surface area contributed by atoms with Crippen molar-refractivity contribution in [3.8, 4) is 0 Å². The molecule has 0 aromatic carbocycles. The van der Waals surface area contributed by atoms with Gasteiger partial charge in [-0.25, -0.2) is 5.84 Å². The molecule has 17 heavy (non-hydrogen) atoms. The maximum Gasteiger partial charge on any atom is 0.253 e. The normalized spacial score (nSPS) is 14.4. The average Bonchev–Trinajstić information content (AvgIpc) is 2.33. The second-order valence-electron chi connectivity index (χ2n) is 4.10. The standard InChI is InChI=1S/C13H23N3O/c1-6-10(2)7-8-11(3)9-16(14)13(17)12(4)15-5/h6-8,12,15H,1,9,14H2,2-5H3/b10-7-,11-8+. The van der Waals surface area contributed by atoms with Crippen molar-refractivity contribution in [2.45, 2.75) is 26.8 Å². The molecule has 3 N–H and O–H groups in total. The number of allylic oxidation sites excluding steroid dienone is 4. The van der Waals surface area contributed by atoms with Gasteiger partial charge in [-0.05, 0) is 27.8 Å². The van der Waals surface area contributed by atoms with Gasteiger partial charge in [0.1, 0.15) is 0 Å². The van der Waals surface area contributed by atoms with Gasteiger partial charge in [-0.1, -0.05) is 36.0 Å². The highest BCUT2D eigenvalue weighted by molar-refractivity contribution is 5.81. The number of hydrogen-bond acceptors (Lipinski definition) is 3. The van der Waals surface area contributed by atoms with Gasteiger partial charge < -0.3 is 5.32 Å². The smallest absolute Gasteiger partial charge is 0.253 e. The van der Waals surface area contributed by atoms with E-state index < -0.39 is 0 Å². The van der Waals surface area contributed by atoms with E-state index in [4.69, 9.17) is 5.84 Å². The van der Waals surface area contributed by atoms with Crippen molar-refractivity contribution in [3.05, 3.63) is 36.0 Å². The van der Waals surface area contributed by atoms with E-state index in [1.165, 1.54) is 5.01 Å². The highest BCUT2D eigenvalue weighted by Gasteiger charge is 2.15. The Morgan fingerprint density at radius 2 is 2.06 bits per heavy atom. The first kappa shape index (κ1) is 15.6. The number of amides is 1. The lowest BCUT2D eigenvalue weighted by Crippen LogP contribution is -2.47. The number of nitrogens with two attached hydrogens (primary N) is 1. The minimum absolute atomic E-state index is 0.121. The molecule has 0 spiro atoms. The Morgan fingerprint density at radius 3 is 2.53 bits per heavy atom. The zero-order valence-corrected chi connectivity index (χ0v) is 11.2. The quantitative estimate of drug-likeness (QED) is 0.317. The van der Waals surface area contributed by atoms with E-state index in [-0.39, 0.29) is 11.9 Å². The third-order valence-electron chi connectivity index (χ3n) is 2.46. The number of likely N-dealkylation sites (N-methyl/N-ethyl adjacent to an activating group) is 1. The van der Waals surface area contributed by atoms with Crippen LogP contribution in [0.3, 0.4) is 0 Å². The zero-order chi connectivity index (χ0) is 13.4. The first-order chi connectivity index (χ1) is 7.92. The van der Waals surface area contributed by atoms with Gasteiger partial charge in [0.25, 0.3) is 5.91 Å². The van der Waals surface area contributed by atoms with Gasteiger partial charge in [0, 0.05) is 0 Å². The molecule has 0 saturated carbocycles. The summed E-state index contributed by atoms with van der Waals surface area (Å²) < 4.78 is 0. The molecule has 0 saturated heterocycles. The summed E-state index contributed by atoms with van der Waals surface area (Å²) in [7, 11) is 1.73. The Hall–Kier alpha value is -1.39. The first-order valence-electron chi connectivity index (χ1n) is 5.62. The fourth-order valence-corrected chi connectivity index (χ4v) is 1.11. The number of carbonyl (C=O) groups is 1. The van der Waals surface area contributed by atoms with Gasteiger partial charge in [0.05, 0.1) is 12.6 Å². The van der Waals surface area contributed by atoms with Crippen LogP contribution in [0.4, 0.5) is 0 Å². The van der Waals surface area contributed by atoms with E-state index in [0.717, 1.165) is 11.1 Å². The second-order valence-corrected chi connectivity index (χ2v) is 4.10. The van der Waals surface area contributed by atoms with Crippen molar-refractivity contribution in [1.29, 1.82) is 0 Å². The van der Waals surface area contributed by atoms with Crippen LogP contribution >= 0.6 is 0 Å². The lowest BCUT2D eigenvalue weighted by molar-refractivity contribution is -0.132. The van der Waals surface area contributed by atoms with Crippen LogP contribution < -0.4 is 11.2 Å². The van der Waals surface area contributed by atoms with Crippen molar-refractivity contribution in [1.82, 2.24) is 10.3 Å². The second kappa shape index (κ2) is 7.81. The van der Waals surface area contributed by atoms with E-state index in [9.17, 15) is 4.79 Å². The minimum Gasteiger partial charge on any atom is -0.309 e. The number of nitrogens with one attached hydrogen (secondary N) is 1. The van der Waals surface area contributed by atoms with E-state index in [0.29, 0.717) is 6.54 Å². The molecule has 1 atom stereocenters. The number of hydrogen-bond donors (Lipinski definition) is 2. The van der Waals surface area contributed by atoms with Gasteiger partial charge >= 0.3 is 0 Å². The van der Waals surface area contributed by atoms with Gasteiger partial charge in [-0.3, -0.25) is 9.80 Å². The highest BCUT2D eigenvalue weighted by Crippen LogP contribution is 2.00. The molecule has 0 bridgehead atoms. The molecule has 0 aromatic rings. The molecular formula is C13H23N3O. The van der Waals surface area contributed by atoms with Crippen LogP contribution in [0.5, 0.6) is 0 Å². The monoisotopic (exact) mass is 237 g/mol. The average molecular weight is 237 g/mol. The van der Waals surface area contributed by atoms with Gasteiger partial charge in [0.15, 0.2) is 0 Å². The summed E-state index contributed by atoms with van der Waals surface area (Å²) in [5.41, 5.74) is 2.09. The molecule has 0 aromatic heterocycles. The Labute approximate surface area is 104 Å². The molecule has 0 aliphatic rings. The molecule has 1 unspecified atom stereocenters. The van der Waals surface area contributed by atoms with Crippen molar-refractivity contribution >= 4 is 5.91 Å². The fourth-order valence-electron chi connectivity index (χ4n) is 1.11. The molecule has 0 rings (SSSR count). The summed E-state index contributed by atoms with van der Waals surface area (Å²) in [6.45, 7) is 9.77. The fraction of sp³-hybridized carbons (Fsp3) is 0.462. The zero-order valence-electron chi connectivity index (χ0n) is 11.2. The Bertz CT molecular complexity index is 332. The Morgan fingerprint density at radius 1 is 1.47 bits per heavy atom. The first-order valence-corrected chi connectivity index (χ1v) is 5.62. The summed E-state index contributed by atoms with van der Waals surface area (Å²) >= 11 is 0. The third-order valence-corrected chi connectivity index (χ3v) is 2.46. The van der Waals surface area contributed by atoms with Crippen LogP contribution in [0.2, 0.25) is 0 Å². The molecule has 0 aliphatic carbocycles. The molecule has 0 radical (unpaired) electrons. The van der Waals surface area contributed by atoms with Crippen LogP contribution in [0.25, 0.3) is 0 Å². The molecule has 0 heterocycles. The summed E-state index contributed by atoms with van der Waals surface area (Å²) in [5, 5.41) is 4.09. The number of rotatable bonds is 6. The molecule has 0 fully saturated rings. The number of nitrogens with zero attached hydrogens (tertiary/aromatic N) is 1. The summed E-state index contributed by atoms with van der Waals surface area (Å²) in [4.78, 5) is 11.7. The van der Waals surface area contributed by atoms with Crippen molar-refractivity contribution in [2.75, 3.05) is 13.6 Å². The van der Waals surface area contributed by atoms with Gasteiger partial charge in [-0.15, -0.1) is 0 Å². The van der Waals surface area contributed by atoms with Crippen LogP contribution in [-0.4, -0.2) is 30.6 Å². The molecular weight excluding hydrogens is 214 g/mol. The molecule has 96 valence electrons. The summed E-state index contributed by atoms with van der Waals surface area (Å²) in [6.07, 6.45) is 5.66. The highest BCUT2D eigenvalue weighted by atomic mass is 16.2. The van der Waals surface area contributed by atoms with E-state index >= 15 is 0 Å². The Kier molecular flexibility index (Phi) is 7.18. The topological polar surface area (TPSA) is 58.4 Å². The molecule has 4 heteroatoms. The molecule has 1 amide bonds. The maximum absolute atomic E-state index is 11.7. The summed E-state index contributed by atoms with van der Waals surface area (Å²) in [6, 6.07) is -0.266. The van der Waals surface area contributed by atoms with Crippen LogP contribution in [0.1, 0.15) is 20.8 Å². The maximum atomic E-state index is 11.7. The van der Waals surface area contributed by atoms with Crippen molar-refractivity contribution in [2.24, 2.45) is 5.84 Å². The predicted octanol–water partition coefficient (Wildman–Crippen LogP) is 1.38. The molecule has 4 nitrogen and oxygen atoms in total. The molecule has 0 aliphatic heterocycles. The van der Waals surface area contributed by atoms with Gasteiger partial charge in [0.2, 0.25) is 0 Å². The van der Waals surface area contributed by atoms with E-state index in [1.54, 1.807) is 20.0 Å². The van der Waals surface area contributed by atoms with Crippen LogP contribution in [0, 0.1) is 0 Å². The minimum atomic E-state index is -0.266.